The van der Waals surface area contributed by atoms with Gasteiger partial charge in [0, 0.05) is 6.54 Å². The molecule has 1 aromatic carbocycles. The minimum absolute atomic E-state index is 0.280. The second-order valence-electron chi connectivity index (χ2n) is 4.28. The summed E-state index contributed by atoms with van der Waals surface area (Å²) in [6, 6.07) is 8.19. The molecule has 0 aliphatic rings. The topological polar surface area (TPSA) is 119 Å². The molecule has 1 aromatic rings. The Morgan fingerprint density at radius 3 is 2.60 bits per heavy atom. The third kappa shape index (κ3) is 6.72. The highest BCUT2D eigenvalue weighted by molar-refractivity contribution is 5.80. The van der Waals surface area contributed by atoms with Gasteiger partial charge in [0.2, 0.25) is 0 Å². The first-order valence-electron chi connectivity index (χ1n) is 6.34. The molecule has 0 aliphatic carbocycles. The zero-order chi connectivity index (χ0) is 14.8. The maximum absolute atomic E-state index is 11.6. The molecule has 0 aliphatic heterocycles. The van der Waals surface area contributed by atoms with Gasteiger partial charge in [-0.15, -0.1) is 0 Å². The zero-order valence-electron chi connectivity index (χ0n) is 11.2. The third-order valence-corrected chi connectivity index (χ3v) is 2.58. The van der Waals surface area contributed by atoms with Crippen LogP contribution in [0.2, 0.25) is 0 Å². The number of carbonyl (C=O) groups is 2. The molecule has 110 valence electrons. The SMILES string of the molecule is NC(=O)NCCC[C@H](N)C(=O)NOCc1ccccc1. The molecule has 0 radical (unpaired) electrons. The Morgan fingerprint density at radius 1 is 1.25 bits per heavy atom. The molecule has 20 heavy (non-hydrogen) atoms. The summed E-state index contributed by atoms with van der Waals surface area (Å²) in [6.07, 6.45) is 0.997. The van der Waals surface area contributed by atoms with E-state index in [1.54, 1.807) is 0 Å². The highest BCUT2D eigenvalue weighted by Crippen LogP contribution is 1.99. The van der Waals surface area contributed by atoms with Crippen LogP contribution in [0.15, 0.2) is 30.3 Å². The molecule has 0 heterocycles. The fourth-order valence-corrected chi connectivity index (χ4v) is 1.51. The number of amides is 3. The molecule has 0 saturated heterocycles. The standard InChI is InChI=1S/C13H20N4O3/c14-11(7-4-8-16-13(15)19)12(18)17-20-9-10-5-2-1-3-6-10/h1-3,5-6,11H,4,7-9,14H2,(H,17,18)(H3,15,16,19)/t11-/m0/s1. The molecule has 7 heteroatoms. The van der Waals surface area contributed by atoms with Gasteiger partial charge in [0.25, 0.3) is 5.91 Å². The van der Waals surface area contributed by atoms with Crippen LogP contribution < -0.4 is 22.3 Å². The van der Waals surface area contributed by atoms with Crippen LogP contribution in [0.3, 0.4) is 0 Å². The Kier molecular flexibility index (Phi) is 7.08. The molecule has 7 nitrogen and oxygen atoms in total. The number of primary amides is 1. The third-order valence-electron chi connectivity index (χ3n) is 2.58. The molecule has 0 spiro atoms. The van der Waals surface area contributed by atoms with Crippen LogP contribution >= 0.6 is 0 Å². The molecule has 0 unspecified atom stereocenters. The van der Waals surface area contributed by atoms with E-state index >= 15 is 0 Å². The quantitative estimate of drug-likeness (QED) is 0.396. The maximum atomic E-state index is 11.6. The van der Waals surface area contributed by atoms with Gasteiger partial charge in [-0.05, 0) is 18.4 Å². The van der Waals surface area contributed by atoms with E-state index in [4.69, 9.17) is 16.3 Å². The normalized spacial score (nSPS) is 11.7. The van der Waals surface area contributed by atoms with Crippen molar-refractivity contribution < 1.29 is 14.4 Å². The lowest BCUT2D eigenvalue weighted by Crippen LogP contribution is -2.41. The summed E-state index contributed by atoms with van der Waals surface area (Å²) in [7, 11) is 0. The Balaban J connectivity index is 2.13. The number of carbonyl (C=O) groups excluding carboxylic acids is 2. The lowest BCUT2D eigenvalue weighted by molar-refractivity contribution is -0.136. The summed E-state index contributed by atoms with van der Waals surface area (Å²) in [4.78, 5) is 27.1. The van der Waals surface area contributed by atoms with Gasteiger partial charge in [0.1, 0.15) is 0 Å². The number of nitrogens with one attached hydrogen (secondary N) is 2. The van der Waals surface area contributed by atoms with E-state index in [0.717, 1.165) is 5.56 Å². The monoisotopic (exact) mass is 280 g/mol. The van der Waals surface area contributed by atoms with E-state index in [1.807, 2.05) is 30.3 Å². The summed E-state index contributed by atoms with van der Waals surface area (Å²) in [5.74, 6) is -0.389. The van der Waals surface area contributed by atoms with Crippen molar-refractivity contribution in [2.75, 3.05) is 6.54 Å². The lowest BCUT2D eigenvalue weighted by Gasteiger charge is -2.12. The van der Waals surface area contributed by atoms with Crippen molar-refractivity contribution in [3.05, 3.63) is 35.9 Å². The highest BCUT2D eigenvalue weighted by atomic mass is 16.6. The summed E-state index contributed by atoms with van der Waals surface area (Å²) in [6.45, 7) is 0.670. The van der Waals surface area contributed by atoms with Crippen molar-refractivity contribution in [2.24, 2.45) is 11.5 Å². The molecule has 1 atom stereocenters. The molecular weight excluding hydrogens is 260 g/mol. The van der Waals surface area contributed by atoms with E-state index < -0.39 is 12.1 Å². The zero-order valence-corrected chi connectivity index (χ0v) is 11.2. The largest absolute Gasteiger partial charge is 0.352 e. The second kappa shape index (κ2) is 8.89. The fourth-order valence-electron chi connectivity index (χ4n) is 1.51. The van der Waals surface area contributed by atoms with Crippen molar-refractivity contribution in [3.63, 3.8) is 0 Å². The summed E-state index contributed by atoms with van der Waals surface area (Å²) < 4.78 is 0. The number of hydrogen-bond acceptors (Lipinski definition) is 4. The van der Waals surface area contributed by atoms with Gasteiger partial charge >= 0.3 is 6.03 Å². The smallest absolute Gasteiger partial charge is 0.312 e. The predicted octanol–water partition coefficient (Wildman–Crippen LogP) is 0.0102. The molecule has 3 amide bonds. The summed E-state index contributed by atoms with van der Waals surface area (Å²) >= 11 is 0. The average molecular weight is 280 g/mol. The van der Waals surface area contributed by atoms with Gasteiger partial charge in [-0.25, -0.2) is 10.3 Å². The molecule has 6 N–H and O–H groups in total. The Labute approximate surface area is 117 Å². The van der Waals surface area contributed by atoms with Gasteiger partial charge in [0.15, 0.2) is 0 Å². The minimum atomic E-state index is -0.680. The predicted molar refractivity (Wildman–Crippen MR) is 74.2 cm³/mol. The van der Waals surface area contributed by atoms with Crippen molar-refractivity contribution in [3.8, 4) is 0 Å². The molecule has 0 fully saturated rings. The van der Waals surface area contributed by atoms with Crippen molar-refractivity contribution in [2.45, 2.75) is 25.5 Å². The van der Waals surface area contributed by atoms with E-state index in [2.05, 4.69) is 10.8 Å². The fraction of sp³-hybridized carbons (Fsp3) is 0.385. The highest BCUT2D eigenvalue weighted by Gasteiger charge is 2.12. The van der Waals surface area contributed by atoms with E-state index in [1.165, 1.54) is 0 Å². The molecule has 0 aromatic heterocycles. The van der Waals surface area contributed by atoms with E-state index in [9.17, 15) is 9.59 Å². The number of benzene rings is 1. The number of urea groups is 1. The maximum Gasteiger partial charge on any atom is 0.312 e. The molecular formula is C13H20N4O3. The molecule has 0 saturated carbocycles. The van der Waals surface area contributed by atoms with Crippen molar-refractivity contribution >= 4 is 11.9 Å². The van der Waals surface area contributed by atoms with Crippen LogP contribution in [-0.4, -0.2) is 24.5 Å². The van der Waals surface area contributed by atoms with Crippen LogP contribution in [0.5, 0.6) is 0 Å². The molecule has 1 rings (SSSR count). The number of hydroxylamine groups is 1. The van der Waals surface area contributed by atoms with Crippen molar-refractivity contribution in [1.29, 1.82) is 0 Å². The van der Waals surface area contributed by atoms with E-state index in [-0.39, 0.29) is 12.5 Å². The van der Waals surface area contributed by atoms with Crippen LogP contribution in [0.1, 0.15) is 18.4 Å². The first kappa shape index (κ1) is 15.9. The first-order chi connectivity index (χ1) is 9.59. The number of nitrogens with two attached hydrogens (primary N) is 2. The Hall–Kier alpha value is -2.12. The van der Waals surface area contributed by atoms with Gasteiger partial charge in [-0.3, -0.25) is 9.63 Å². The van der Waals surface area contributed by atoms with Crippen LogP contribution in [0, 0.1) is 0 Å². The number of hydrogen-bond donors (Lipinski definition) is 4. The van der Waals surface area contributed by atoms with Crippen LogP contribution in [0.25, 0.3) is 0 Å². The lowest BCUT2D eigenvalue weighted by atomic mass is 10.1. The van der Waals surface area contributed by atoms with E-state index in [0.29, 0.717) is 19.4 Å². The molecule has 0 bridgehead atoms. The van der Waals surface area contributed by atoms with Gasteiger partial charge in [-0.1, -0.05) is 30.3 Å². The van der Waals surface area contributed by atoms with Crippen LogP contribution in [0.4, 0.5) is 4.79 Å². The van der Waals surface area contributed by atoms with Gasteiger partial charge in [-0.2, -0.15) is 0 Å². The minimum Gasteiger partial charge on any atom is -0.352 e. The summed E-state index contributed by atoms with van der Waals surface area (Å²) in [5.41, 5.74) is 13.8. The van der Waals surface area contributed by atoms with Crippen LogP contribution in [-0.2, 0) is 16.2 Å². The summed E-state index contributed by atoms with van der Waals surface area (Å²) in [5, 5.41) is 2.42. The number of rotatable bonds is 8. The second-order valence-corrected chi connectivity index (χ2v) is 4.28. The first-order valence-corrected chi connectivity index (χ1v) is 6.34. The Bertz CT molecular complexity index is 425. The van der Waals surface area contributed by atoms with Gasteiger partial charge < -0.3 is 16.8 Å². The Morgan fingerprint density at radius 2 is 1.95 bits per heavy atom. The van der Waals surface area contributed by atoms with Crippen molar-refractivity contribution in [1.82, 2.24) is 10.8 Å². The van der Waals surface area contributed by atoms with Gasteiger partial charge in [0.05, 0.1) is 12.6 Å². The average Bonchev–Trinajstić information content (AvgIpc) is 2.44.